The van der Waals surface area contributed by atoms with Crippen LogP contribution in [0.1, 0.15) is 24.3 Å². The van der Waals surface area contributed by atoms with Crippen LogP contribution in [-0.4, -0.2) is 31.3 Å². The number of methoxy groups -OCH3 is 1. The van der Waals surface area contributed by atoms with Crippen molar-refractivity contribution in [2.45, 2.75) is 26.0 Å². The largest absolute Gasteiger partial charge is 0.496 e. The number of hydrogen-bond acceptors (Lipinski definition) is 4. The molecule has 1 aromatic carbocycles. The molecule has 6 heteroatoms. The Morgan fingerprint density at radius 1 is 1.25 bits per heavy atom. The van der Waals surface area contributed by atoms with E-state index in [1.54, 1.807) is 25.4 Å². The van der Waals surface area contributed by atoms with Gasteiger partial charge in [0.15, 0.2) is 5.96 Å². The van der Waals surface area contributed by atoms with Crippen LogP contribution in [0.15, 0.2) is 46.8 Å². The van der Waals surface area contributed by atoms with Gasteiger partial charge in [0.05, 0.1) is 20.2 Å². The van der Waals surface area contributed by atoms with Crippen molar-refractivity contribution in [2.24, 2.45) is 4.99 Å². The molecule has 0 aliphatic carbocycles. The highest BCUT2D eigenvalue weighted by atomic mass is 32.1. The van der Waals surface area contributed by atoms with E-state index >= 15 is 0 Å². The zero-order valence-electron chi connectivity index (χ0n) is 14.4. The Hall–Kier alpha value is -2.05. The number of ether oxygens (including phenoxy) is 1. The number of nitrogens with zero attached hydrogens (tertiary/aromatic N) is 1. The van der Waals surface area contributed by atoms with Crippen LogP contribution in [0.2, 0.25) is 0 Å². The average Bonchev–Trinajstić information content (AvgIpc) is 3.13. The molecule has 3 N–H and O–H groups in total. The van der Waals surface area contributed by atoms with Gasteiger partial charge in [0.2, 0.25) is 0 Å². The maximum atomic E-state index is 10.6. The lowest BCUT2D eigenvalue weighted by Crippen LogP contribution is -2.44. The van der Waals surface area contributed by atoms with Gasteiger partial charge in [0.25, 0.3) is 0 Å². The molecule has 24 heavy (non-hydrogen) atoms. The minimum Gasteiger partial charge on any atom is -0.496 e. The summed E-state index contributed by atoms with van der Waals surface area (Å²) in [7, 11) is 1.66. The Kier molecular flexibility index (Phi) is 6.63. The summed E-state index contributed by atoms with van der Waals surface area (Å²) in [6, 6.07) is 11.7. The van der Waals surface area contributed by atoms with Crippen molar-refractivity contribution in [1.82, 2.24) is 10.6 Å². The smallest absolute Gasteiger partial charge is 0.191 e. The molecule has 0 saturated carbocycles. The molecule has 130 valence electrons. The van der Waals surface area contributed by atoms with E-state index in [0.29, 0.717) is 19.0 Å². The van der Waals surface area contributed by atoms with E-state index in [1.165, 1.54) is 0 Å². The number of guanidine groups is 1. The van der Waals surface area contributed by atoms with E-state index in [0.717, 1.165) is 22.7 Å². The van der Waals surface area contributed by atoms with Gasteiger partial charge in [-0.25, -0.2) is 4.99 Å². The molecule has 1 unspecified atom stereocenters. The highest BCUT2D eigenvalue weighted by molar-refractivity contribution is 7.10. The molecule has 1 heterocycles. The normalized spacial score (nSPS) is 14.1. The minimum absolute atomic E-state index is 0.380. The van der Waals surface area contributed by atoms with Crippen molar-refractivity contribution in [1.29, 1.82) is 0 Å². The van der Waals surface area contributed by atoms with Crippen LogP contribution < -0.4 is 15.4 Å². The fourth-order valence-electron chi connectivity index (χ4n) is 2.27. The Morgan fingerprint density at radius 3 is 2.71 bits per heavy atom. The Morgan fingerprint density at radius 2 is 2.04 bits per heavy atom. The molecule has 1 aromatic heterocycles. The molecular weight excluding hydrogens is 322 g/mol. The quantitative estimate of drug-likeness (QED) is 0.532. The van der Waals surface area contributed by atoms with Gasteiger partial charge in [0.1, 0.15) is 11.4 Å². The fourth-order valence-corrected chi connectivity index (χ4v) is 3.05. The predicted octanol–water partition coefficient (Wildman–Crippen LogP) is 2.72. The predicted molar refractivity (Wildman–Crippen MR) is 99.7 cm³/mol. The summed E-state index contributed by atoms with van der Waals surface area (Å²) in [5, 5.41) is 19.0. The monoisotopic (exact) mass is 347 g/mol. The van der Waals surface area contributed by atoms with Gasteiger partial charge in [-0.2, -0.15) is 0 Å². The second-order valence-electron chi connectivity index (χ2n) is 5.61. The van der Waals surface area contributed by atoms with Gasteiger partial charge in [-0.1, -0.05) is 24.3 Å². The average molecular weight is 347 g/mol. The van der Waals surface area contributed by atoms with Gasteiger partial charge >= 0.3 is 0 Å². The minimum atomic E-state index is -0.936. The molecule has 5 nitrogen and oxygen atoms in total. The summed E-state index contributed by atoms with van der Waals surface area (Å²) >= 11 is 1.54. The molecule has 0 spiro atoms. The number of thiophene rings is 1. The highest BCUT2D eigenvalue weighted by Gasteiger charge is 2.24. The van der Waals surface area contributed by atoms with Gasteiger partial charge < -0.3 is 20.5 Å². The van der Waals surface area contributed by atoms with E-state index < -0.39 is 5.60 Å². The number of hydrogen-bond donors (Lipinski definition) is 3. The summed E-state index contributed by atoms with van der Waals surface area (Å²) in [4.78, 5) is 5.51. The van der Waals surface area contributed by atoms with Crippen molar-refractivity contribution in [3.8, 4) is 5.75 Å². The molecule has 0 saturated heterocycles. The third kappa shape index (κ3) is 4.97. The van der Waals surface area contributed by atoms with Crippen molar-refractivity contribution < 1.29 is 9.84 Å². The summed E-state index contributed by atoms with van der Waals surface area (Å²) < 4.78 is 5.35. The molecular formula is C18H25N3O2S. The van der Waals surface area contributed by atoms with E-state index in [9.17, 15) is 5.11 Å². The third-order valence-corrected chi connectivity index (χ3v) is 4.72. The molecule has 0 radical (unpaired) electrons. The van der Waals surface area contributed by atoms with Crippen molar-refractivity contribution >= 4 is 17.3 Å². The van der Waals surface area contributed by atoms with E-state index in [2.05, 4.69) is 15.6 Å². The van der Waals surface area contributed by atoms with Crippen molar-refractivity contribution in [3.63, 3.8) is 0 Å². The van der Waals surface area contributed by atoms with Gasteiger partial charge in [-0.3, -0.25) is 0 Å². The summed E-state index contributed by atoms with van der Waals surface area (Å²) in [5.74, 6) is 1.49. The van der Waals surface area contributed by atoms with Crippen LogP contribution in [0.5, 0.6) is 5.75 Å². The third-order valence-electron chi connectivity index (χ3n) is 3.60. The number of aliphatic hydroxyl groups is 1. The number of para-hydroxylation sites is 1. The lowest BCUT2D eigenvalue weighted by atomic mass is 10.1. The molecule has 0 bridgehead atoms. The molecule has 0 aliphatic heterocycles. The van der Waals surface area contributed by atoms with Crippen LogP contribution in [-0.2, 0) is 12.1 Å². The lowest BCUT2D eigenvalue weighted by molar-refractivity contribution is 0.0655. The van der Waals surface area contributed by atoms with E-state index in [-0.39, 0.29) is 0 Å². The molecule has 2 rings (SSSR count). The second-order valence-corrected chi connectivity index (χ2v) is 6.56. The van der Waals surface area contributed by atoms with Crippen LogP contribution in [0.4, 0.5) is 0 Å². The topological polar surface area (TPSA) is 65.9 Å². The van der Waals surface area contributed by atoms with E-state index in [4.69, 9.17) is 4.74 Å². The molecule has 2 aromatic rings. The first-order valence-electron chi connectivity index (χ1n) is 7.97. The van der Waals surface area contributed by atoms with Gasteiger partial charge in [-0.15, -0.1) is 11.3 Å². The van der Waals surface area contributed by atoms with Crippen LogP contribution in [0, 0.1) is 0 Å². The Bertz CT molecular complexity index is 654. The van der Waals surface area contributed by atoms with Crippen molar-refractivity contribution in [2.75, 3.05) is 20.2 Å². The van der Waals surface area contributed by atoms with Gasteiger partial charge in [-0.05, 0) is 31.4 Å². The van der Waals surface area contributed by atoms with E-state index in [1.807, 2.05) is 48.7 Å². The van der Waals surface area contributed by atoms with Crippen molar-refractivity contribution in [3.05, 3.63) is 52.2 Å². The number of nitrogens with one attached hydrogen (secondary N) is 2. The first-order valence-corrected chi connectivity index (χ1v) is 8.85. The standard InChI is InChI=1S/C18H25N3O2S/c1-4-19-17(20-12-14-8-5-6-9-15(14)23-3)21-13-18(2,22)16-10-7-11-24-16/h5-11,22H,4,12-13H2,1-3H3,(H2,19,20,21). The summed E-state index contributed by atoms with van der Waals surface area (Å²) in [5.41, 5.74) is 0.0802. The van der Waals surface area contributed by atoms with Gasteiger partial charge in [0, 0.05) is 17.0 Å². The Labute approximate surface area is 147 Å². The number of rotatable bonds is 7. The van der Waals surface area contributed by atoms with Crippen LogP contribution in [0.25, 0.3) is 0 Å². The maximum Gasteiger partial charge on any atom is 0.191 e. The SMILES string of the molecule is CCNC(=NCc1ccccc1OC)NCC(C)(O)c1cccs1. The molecule has 0 aliphatic rings. The summed E-state index contributed by atoms with van der Waals surface area (Å²) in [6.07, 6.45) is 0. The van der Waals surface area contributed by atoms with Crippen LogP contribution >= 0.6 is 11.3 Å². The fraction of sp³-hybridized carbons (Fsp3) is 0.389. The molecule has 0 fully saturated rings. The molecule has 0 amide bonds. The zero-order valence-corrected chi connectivity index (χ0v) is 15.2. The first kappa shape index (κ1) is 18.3. The number of aliphatic imine (C=N–C) groups is 1. The lowest BCUT2D eigenvalue weighted by Gasteiger charge is -2.23. The summed E-state index contributed by atoms with van der Waals surface area (Å²) in [6.45, 7) is 5.44. The highest BCUT2D eigenvalue weighted by Crippen LogP contribution is 2.24. The zero-order chi connectivity index (χ0) is 17.4. The van der Waals surface area contributed by atoms with Crippen LogP contribution in [0.3, 0.4) is 0 Å². The first-order chi connectivity index (χ1) is 11.6. The molecule has 1 atom stereocenters. The second kappa shape index (κ2) is 8.70. The maximum absolute atomic E-state index is 10.6. The number of benzene rings is 1. The Balaban J connectivity index is 2.03.